The van der Waals surface area contributed by atoms with Gasteiger partial charge in [-0.15, -0.1) is 11.3 Å². The molecule has 2 aromatic rings. The molecule has 0 atom stereocenters. The van der Waals surface area contributed by atoms with Crippen LogP contribution in [0.1, 0.15) is 32.8 Å². The number of benzene rings is 1. The van der Waals surface area contributed by atoms with Gasteiger partial charge in [0.2, 0.25) is 0 Å². The number of ether oxygens (including phenoxy) is 3. The van der Waals surface area contributed by atoms with E-state index in [1.54, 1.807) is 18.2 Å². The van der Waals surface area contributed by atoms with Gasteiger partial charge in [0.25, 0.3) is 5.91 Å². The lowest BCUT2D eigenvalue weighted by Gasteiger charge is -2.12. The van der Waals surface area contributed by atoms with Gasteiger partial charge < -0.3 is 19.5 Å². The van der Waals surface area contributed by atoms with Gasteiger partial charge >= 0.3 is 5.97 Å². The standard InChI is InChI=1S/C19H18N2O5S/c1-24-13-6-4-7-14(25-2)17(13)19(23)26-10-16(22)21-18-12(9-20)11-5-3-8-15(11)27-18/h4,6-7H,3,5,8,10H2,1-2H3,(H,21,22). The molecule has 140 valence electrons. The van der Waals surface area contributed by atoms with Crippen LogP contribution in [0.4, 0.5) is 5.00 Å². The number of carbonyl (C=O) groups excluding carboxylic acids is 2. The highest BCUT2D eigenvalue weighted by Crippen LogP contribution is 2.38. The largest absolute Gasteiger partial charge is 0.496 e. The molecular weight excluding hydrogens is 368 g/mol. The van der Waals surface area contributed by atoms with Crippen LogP contribution in [0, 0.1) is 11.3 Å². The fraction of sp³-hybridized carbons (Fsp3) is 0.316. The van der Waals surface area contributed by atoms with E-state index in [1.165, 1.54) is 25.6 Å². The van der Waals surface area contributed by atoms with Crippen molar-refractivity contribution >= 4 is 28.2 Å². The third-order valence-electron chi connectivity index (χ3n) is 4.25. The van der Waals surface area contributed by atoms with Crippen LogP contribution in [0.3, 0.4) is 0 Å². The number of hydrogen-bond donors (Lipinski definition) is 1. The van der Waals surface area contributed by atoms with Gasteiger partial charge in [0.05, 0.1) is 19.8 Å². The molecule has 1 aliphatic rings. The van der Waals surface area contributed by atoms with Crippen LogP contribution in [0.5, 0.6) is 11.5 Å². The predicted octanol–water partition coefficient (Wildman–Crippen LogP) is 2.92. The zero-order valence-corrected chi connectivity index (χ0v) is 15.8. The Labute approximate surface area is 160 Å². The fourth-order valence-electron chi connectivity index (χ4n) is 3.03. The molecule has 0 saturated carbocycles. The quantitative estimate of drug-likeness (QED) is 0.767. The summed E-state index contributed by atoms with van der Waals surface area (Å²) in [5.41, 5.74) is 1.65. The fourth-order valence-corrected chi connectivity index (χ4v) is 4.28. The number of aryl methyl sites for hydroxylation is 1. The molecule has 1 aromatic heterocycles. The van der Waals surface area contributed by atoms with Gasteiger partial charge in [-0.25, -0.2) is 4.79 Å². The zero-order valence-electron chi connectivity index (χ0n) is 15.0. The van der Waals surface area contributed by atoms with Gasteiger partial charge in [0.15, 0.2) is 6.61 Å². The first-order chi connectivity index (χ1) is 13.1. The van der Waals surface area contributed by atoms with Crippen LogP contribution in [0.2, 0.25) is 0 Å². The normalized spacial score (nSPS) is 12.0. The summed E-state index contributed by atoms with van der Waals surface area (Å²) in [4.78, 5) is 25.7. The van der Waals surface area contributed by atoms with E-state index in [2.05, 4.69) is 11.4 Å². The van der Waals surface area contributed by atoms with E-state index in [0.29, 0.717) is 22.1 Å². The highest BCUT2D eigenvalue weighted by atomic mass is 32.1. The molecular formula is C19H18N2O5S. The number of anilines is 1. The lowest BCUT2D eigenvalue weighted by atomic mass is 10.1. The minimum absolute atomic E-state index is 0.114. The molecule has 0 aliphatic heterocycles. The van der Waals surface area contributed by atoms with Crippen molar-refractivity contribution in [2.75, 3.05) is 26.1 Å². The van der Waals surface area contributed by atoms with E-state index in [1.807, 2.05) is 0 Å². The number of hydrogen-bond acceptors (Lipinski definition) is 7. The molecule has 1 aromatic carbocycles. The SMILES string of the molecule is COc1cccc(OC)c1C(=O)OCC(=O)Nc1sc2c(c1C#N)CCC2. The van der Waals surface area contributed by atoms with Crippen LogP contribution in [0.25, 0.3) is 0 Å². The predicted molar refractivity (Wildman–Crippen MR) is 99.5 cm³/mol. The van der Waals surface area contributed by atoms with Crippen LogP contribution in [0.15, 0.2) is 18.2 Å². The van der Waals surface area contributed by atoms with E-state index in [-0.39, 0.29) is 5.56 Å². The number of nitrogens with zero attached hydrogens (tertiary/aromatic N) is 1. The highest BCUT2D eigenvalue weighted by Gasteiger charge is 2.24. The number of rotatable bonds is 6. The highest BCUT2D eigenvalue weighted by molar-refractivity contribution is 7.16. The van der Waals surface area contributed by atoms with Crippen LogP contribution in [-0.2, 0) is 22.4 Å². The minimum Gasteiger partial charge on any atom is -0.496 e. The smallest absolute Gasteiger partial charge is 0.346 e. The summed E-state index contributed by atoms with van der Waals surface area (Å²) < 4.78 is 15.4. The summed E-state index contributed by atoms with van der Waals surface area (Å²) in [5, 5.41) is 12.5. The molecule has 3 rings (SSSR count). The lowest BCUT2D eigenvalue weighted by molar-refractivity contribution is -0.119. The van der Waals surface area contributed by atoms with Gasteiger partial charge in [0.1, 0.15) is 28.1 Å². The molecule has 0 saturated heterocycles. The molecule has 7 nitrogen and oxygen atoms in total. The van der Waals surface area contributed by atoms with Crippen LogP contribution < -0.4 is 14.8 Å². The monoisotopic (exact) mass is 386 g/mol. The summed E-state index contributed by atoms with van der Waals surface area (Å²) in [7, 11) is 2.86. The molecule has 0 bridgehead atoms. The molecule has 0 unspecified atom stereocenters. The van der Waals surface area contributed by atoms with Gasteiger partial charge in [0, 0.05) is 4.88 Å². The molecule has 1 heterocycles. The third kappa shape index (κ3) is 3.73. The van der Waals surface area contributed by atoms with Gasteiger partial charge in [-0.05, 0) is 37.0 Å². The van der Waals surface area contributed by atoms with Gasteiger partial charge in [-0.3, -0.25) is 4.79 Å². The Morgan fingerprint density at radius 1 is 1.22 bits per heavy atom. The van der Waals surface area contributed by atoms with Crippen LogP contribution >= 0.6 is 11.3 Å². The molecule has 1 N–H and O–H groups in total. The van der Waals surface area contributed by atoms with Crippen molar-refractivity contribution in [3.63, 3.8) is 0 Å². The number of amides is 1. The van der Waals surface area contributed by atoms with Crippen molar-refractivity contribution in [1.82, 2.24) is 0 Å². The van der Waals surface area contributed by atoms with E-state index >= 15 is 0 Å². The van der Waals surface area contributed by atoms with Crippen molar-refractivity contribution in [3.05, 3.63) is 39.8 Å². The summed E-state index contributed by atoms with van der Waals surface area (Å²) in [5.74, 6) is -0.648. The number of fused-ring (bicyclic) bond motifs is 1. The Kier molecular flexibility index (Phi) is 5.62. The van der Waals surface area contributed by atoms with Gasteiger partial charge in [-0.1, -0.05) is 6.07 Å². The average molecular weight is 386 g/mol. The molecule has 0 spiro atoms. The second-order valence-corrected chi connectivity index (χ2v) is 6.94. The van der Waals surface area contributed by atoms with Crippen molar-refractivity contribution < 1.29 is 23.8 Å². The Bertz CT molecular complexity index is 907. The lowest BCUT2D eigenvalue weighted by Crippen LogP contribution is -2.21. The Morgan fingerprint density at radius 3 is 2.56 bits per heavy atom. The molecule has 8 heteroatoms. The summed E-state index contributed by atoms with van der Waals surface area (Å²) in [6.45, 7) is -0.479. The first kappa shape index (κ1) is 18.7. The first-order valence-corrected chi connectivity index (χ1v) is 9.13. The van der Waals surface area contributed by atoms with Gasteiger partial charge in [-0.2, -0.15) is 5.26 Å². The van der Waals surface area contributed by atoms with Crippen molar-refractivity contribution in [3.8, 4) is 17.6 Å². The zero-order chi connectivity index (χ0) is 19.4. The first-order valence-electron chi connectivity index (χ1n) is 8.31. The Balaban J connectivity index is 1.67. The van der Waals surface area contributed by atoms with Crippen molar-refractivity contribution in [2.45, 2.75) is 19.3 Å². The molecule has 1 amide bonds. The molecule has 27 heavy (non-hydrogen) atoms. The van der Waals surface area contributed by atoms with Crippen LogP contribution in [-0.4, -0.2) is 32.7 Å². The Hall–Kier alpha value is -3.05. The van der Waals surface area contributed by atoms with E-state index in [9.17, 15) is 14.9 Å². The summed E-state index contributed by atoms with van der Waals surface area (Å²) in [6, 6.07) is 7.04. The molecule has 0 radical (unpaired) electrons. The molecule has 0 fully saturated rings. The average Bonchev–Trinajstić information content (AvgIpc) is 3.25. The van der Waals surface area contributed by atoms with Crippen molar-refractivity contribution in [2.24, 2.45) is 0 Å². The number of methoxy groups -OCH3 is 2. The number of nitrogens with one attached hydrogen (secondary N) is 1. The van der Waals surface area contributed by atoms with Crippen molar-refractivity contribution in [1.29, 1.82) is 5.26 Å². The maximum Gasteiger partial charge on any atom is 0.346 e. The number of nitriles is 1. The van der Waals surface area contributed by atoms with E-state index in [4.69, 9.17) is 14.2 Å². The second kappa shape index (κ2) is 8.10. The maximum atomic E-state index is 12.4. The Morgan fingerprint density at radius 2 is 1.93 bits per heavy atom. The number of thiophene rings is 1. The summed E-state index contributed by atoms with van der Waals surface area (Å²) >= 11 is 1.41. The van der Waals surface area contributed by atoms with E-state index in [0.717, 1.165) is 29.7 Å². The third-order valence-corrected chi connectivity index (χ3v) is 5.46. The molecule has 1 aliphatic carbocycles. The number of esters is 1. The number of carbonyl (C=O) groups is 2. The maximum absolute atomic E-state index is 12.4. The summed E-state index contributed by atoms with van der Waals surface area (Å²) in [6.07, 6.45) is 2.81. The van der Waals surface area contributed by atoms with E-state index < -0.39 is 18.5 Å². The topological polar surface area (TPSA) is 97.7 Å². The second-order valence-electron chi connectivity index (χ2n) is 5.84. The minimum atomic E-state index is -0.728.